The van der Waals surface area contributed by atoms with Crippen LogP contribution in [0, 0.1) is 13.8 Å². The van der Waals surface area contributed by atoms with Crippen LogP contribution in [0.4, 0.5) is 0 Å². The van der Waals surface area contributed by atoms with Crippen molar-refractivity contribution in [2.45, 2.75) is 32.9 Å². The van der Waals surface area contributed by atoms with E-state index in [1.54, 1.807) is 43.9 Å². The van der Waals surface area contributed by atoms with Crippen LogP contribution in [-0.4, -0.2) is 36.7 Å². The molecule has 8 heteroatoms. The van der Waals surface area contributed by atoms with Crippen LogP contribution in [0.1, 0.15) is 29.7 Å². The lowest BCUT2D eigenvalue weighted by molar-refractivity contribution is -0.121. The Morgan fingerprint density at radius 1 is 1.43 bits per heavy atom. The summed E-state index contributed by atoms with van der Waals surface area (Å²) in [4.78, 5) is 31.6. The van der Waals surface area contributed by atoms with Gasteiger partial charge in [-0.25, -0.2) is 9.78 Å². The molecule has 0 radical (unpaired) electrons. The third-order valence-electron chi connectivity index (χ3n) is 3.56. The zero-order chi connectivity index (χ0) is 17.0. The fourth-order valence-corrected chi connectivity index (χ4v) is 2.35. The van der Waals surface area contributed by atoms with Gasteiger partial charge in [-0.3, -0.25) is 9.36 Å². The number of aliphatic hydroxyl groups excluding tert-OH is 1. The number of aliphatic hydroxyl groups is 1. The van der Waals surface area contributed by atoms with E-state index in [0.29, 0.717) is 11.5 Å². The highest BCUT2D eigenvalue weighted by atomic mass is 16.3. The number of rotatable bonds is 6. The maximum absolute atomic E-state index is 11.9. The number of amides is 1. The van der Waals surface area contributed by atoms with Crippen LogP contribution in [-0.2, 0) is 18.4 Å². The summed E-state index contributed by atoms with van der Waals surface area (Å²) in [6, 6.07) is 1.80. The molecule has 0 saturated heterocycles. The number of aryl methyl sites for hydroxylation is 3. The Morgan fingerprint density at radius 3 is 2.78 bits per heavy atom. The highest BCUT2D eigenvalue weighted by Gasteiger charge is 2.14. The SMILES string of the molecule is Cc1cc(C)n(CCC(=O)NC[C@@H](O)c2nccn2C)c(=O)n1. The Morgan fingerprint density at radius 2 is 2.17 bits per heavy atom. The van der Waals surface area contributed by atoms with E-state index in [0.717, 1.165) is 5.69 Å². The van der Waals surface area contributed by atoms with Gasteiger partial charge < -0.3 is 15.0 Å². The number of hydrogen-bond donors (Lipinski definition) is 2. The van der Waals surface area contributed by atoms with Crippen molar-refractivity contribution in [3.8, 4) is 0 Å². The molecule has 0 aliphatic heterocycles. The summed E-state index contributed by atoms with van der Waals surface area (Å²) in [6.45, 7) is 3.88. The van der Waals surface area contributed by atoms with Gasteiger partial charge in [-0.1, -0.05) is 0 Å². The Bertz CT molecular complexity index is 750. The van der Waals surface area contributed by atoms with E-state index < -0.39 is 6.10 Å². The Balaban J connectivity index is 1.87. The second-order valence-electron chi connectivity index (χ2n) is 5.44. The van der Waals surface area contributed by atoms with Crippen LogP contribution in [0.2, 0.25) is 0 Å². The molecule has 1 amide bonds. The van der Waals surface area contributed by atoms with Gasteiger partial charge in [-0.2, -0.15) is 4.98 Å². The third-order valence-corrected chi connectivity index (χ3v) is 3.56. The monoisotopic (exact) mass is 319 g/mol. The van der Waals surface area contributed by atoms with Crippen molar-refractivity contribution < 1.29 is 9.90 Å². The molecule has 2 N–H and O–H groups in total. The third kappa shape index (κ3) is 4.26. The molecule has 2 aromatic heterocycles. The molecule has 8 nitrogen and oxygen atoms in total. The summed E-state index contributed by atoms with van der Waals surface area (Å²) in [5.41, 5.74) is 1.07. The molecule has 0 fully saturated rings. The Labute approximate surface area is 133 Å². The van der Waals surface area contributed by atoms with E-state index in [2.05, 4.69) is 15.3 Å². The molecule has 23 heavy (non-hydrogen) atoms. The summed E-state index contributed by atoms with van der Waals surface area (Å²) in [6.07, 6.45) is 2.57. The molecule has 0 unspecified atom stereocenters. The molecule has 0 aromatic carbocycles. The number of aromatic nitrogens is 4. The lowest BCUT2D eigenvalue weighted by atomic mass is 10.3. The van der Waals surface area contributed by atoms with Crippen LogP contribution in [0.15, 0.2) is 23.3 Å². The van der Waals surface area contributed by atoms with Gasteiger partial charge in [0.1, 0.15) is 11.9 Å². The normalized spacial score (nSPS) is 12.2. The smallest absolute Gasteiger partial charge is 0.347 e. The maximum Gasteiger partial charge on any atom is 0.347 e. The molecule has 0 aliphatic carbocycles. The molecule has 0 saturated carbocycles. The molecular formula is C15H21N5O3. The van der Waals surface area contributed by atoms with Crippen LogP contribution in [0.25, 0.3) is 0 Å². The molecule has 2 aromatic rings. The number of imidazole rings is 1. The minimum Gasteiger partial charge on any atom is -0.383 e. The molecule has 0 aliphatic rings. The van der Waals surface area contributed by atoms with Crippen LogP contribution >= 0.6 is 0 Å². The Hall–Kier alpha value is -2.48. The zero-order valence-corrected chi connectivity index (χ0v) is 13.5. The van der Waals surface area contributed by atoms with Crippen molar-refractivity contribution in [2.24, 2.45) is 7.05 Å². The quantitative estimate of drug-likeness (QED) is 0.770. The molecule has 1 atom stereocenters. The van der Waals surface area contributed by atoms with Crippen molar-refractivity contribution in [3.05, 3.63) is 46.2 Å². The van der Waals surface area contributed by atoms with E-state index in [-0.39, 0.29) is 31.1 Å². The lowest BCUT2D eigenvalue weighted by Gasteiger charge is -2.13. The number of carbonyl (C=O) groups excluding carboxylic acids is 1. The van der Waals surface area contributed by atoms with E-state index in [1.165, 1.54) is 4.57 Å². The predicted octanol–water partition coefficient (Wildman–Crippen LogP) is -0.166. The molecule has 0 spiro atoms. The van der Waals surface area contributed by atoms with E-state index in [9.17, 15) is 14.7 Å². The highest BCUT2D eigenvalue weighted by molar-refractivity contribution is 5.75. The van der Waals surface area contributed by atoms with Gasteiger partial charge in [0, 0.05) is 43.8 Å². The average Bonchev–Trinajstić information content (AvgIpc) is 2.89. The zero-order valence-electron chi connectivity index (χ0n) is 13.5. The summed E-state index contributed by atoms with van der Waals surface area (Å²) in [5, 5.41) is 12.6. The van der Waals surface area contributed by atoms with Gasteiger partial charge in [0.05, 0.1) is 6.54 Å². The highest BCUT2D eigenvalue weighted by Crippen LogP contribution is 2.07. The van der Waals surface area contributed by atoms with Gasteiger partial charge in [-0.15, -0.1) is 0 Å². The second-order valence-corrected chi connectivity index (χ2v) is 5.44. The first kappa shape index (κ1) is 16.9. The number of nitrogens with zero attached hydrogens (tertiary/aromatic N) is 4. The van der Waals surface area contributed by atoms with Gasteiger partial charge >= 0.3 is 5.69 Å². The van der Waals surface area contributed by atoms with Crippen molar-refractivity contribution in [3.63, 3.8) is 0 Å². The van der Waals surface area contributed by atoms with Gasteiger partial charge in [0.25, 0.3) is 0 Å². The Kier molecular flexibility index (Phi) is 5.28. The van der Waals surface area contributed by atoms with Crippen molar-refractivity contribution in [1.29, 1.82) is 0 Å². The molecule has 0 bridgehead atoms. The molecule has 2 rings (SSSR count). The first-order chi connectivity index (χ1) is 10.9. The first-order valence-electron chi connectivity index (χ1n) is 7.35. The van der Waals surface area contributed by atoms with Crippen molar-refractivity contribution in [1.82, 2.24) is 24.4 Å². The summed E-state index contributed by atoms with van der Waals surface area (Å²) in [5.74, 6) is 0.241. The largest absolute Gasteiger partial charge is 0.383 e. The standard InChI is InChI=1S/C15H21N5O3/c1-10-8-11(2)20(15(23)18-10)6-4-13(22)17-9-12(21)14-16-5-7-19(14)3/h5,7-8,12,21H,4,6,9H2,1-3H3,(H,17,22)/t12-/m1/s1. The topological polar surface area (TPSA) is 102 Å². The number of nitrogens with one attached hydrogen (secondary N) is 1. The maximum atomic E-state index is 11.9. The predicted molar refractivity (Wildman–Crippen MR) is 83.8 cm³/mol. The molecule has 2 heterocycles. The minimum atomic E-state index is -0.871. The van der Waals surface area contributed by atoms with Crippen molar-refractivity contribution in [2.75, 3.05) is 6.54 Å². The van der Waals surface area contributed by atoms with Gasteiger partial charge in [-0.05, 0) is 19.9 Å². The van der Waals surface area contributed by atoms with Gasteiger partial charge in [0.2, 0.25) is 5.91 Å². The first-order valence-corrected chi connectivity index (χ1v) is 7.35. The van der Waals surface area contributed by atoms with E-state index >= 15 is 0 Å². The van der Waals surface area contributed by atoms with E-state index in [1.807, 2.05) is 0 Å². The fourth-order valence-electron chi connectivity index (χ4n) is 2.35. The van der Waals surface area contributed by atoms with Crippen molar-refractivity contribution >= 4 is 5.91 Å². The molecule has 124 valence electrons. The summed E-state index contributed by atoms with van der Waals surface area (Å²) < 4.78 is 3.15. The number of carbonyl (C=O) groups is 1. The number of hydrogen-bond acceptors (Lipinski definition) is 5. The van der Waals surface area contributed by atoms with Gasteiger partial charge in [0.15, 0.2) is 0 Å². The van der Waals surface area contributed by atoms with Crippen LogP contribution < -0.4 is 11.0 Å². The van der Waals surface area contributed by atoms with Crippen LogP contribution in [0.3, 0.4) is 0 Å². The minimum absolute atomic E-state index is 0.0731. The summed E-state index contributed by atoms with van der Waals surface area (Å²) >= 11 is 0. The average molecular weight is 319 g/mol. The lowest BCUT2D eigenvalue weighted by Crippen LogP contribution is -2.32. The molecular weight excluding hydrogens is 298 g/mol. The second kappa shape index (κ2) is 7.19. The fraction of sp³-hybridized carbons (Fsp3) is 0.467. The van der Waals surface area contributed by atoms with E-state index in [4.69, 9.17) is 0 Å². The van der Waals surface area contributed by atoms with Crippen LogP contribution in [0.5, 0.6) is 0 Å². The summed E-state index contributed by atoms with van der Waals surface area (Å²) in [7, 11) is 1.77.